The SMILES string of the molecule is CCCc1cc(OC)c(Oc2ccc(-c3nn[nH]n3)cc2)c(OC)c1. The summed E-state index contributed by atoms with van der Waals surface area (Å²) in [7, 11) is 3.24. The third-order valence-corrected chi connectivity index (χ3v) is 3.74. The van der Waals surface area contributed by atoms with Crippen molar-refractivity contribution in [3.05, 3.63) is 42.0 Å². The number of methoxy groups -OCH3 is 2. The van der Waals surface area contributed by atoms with E-state index < -0.39 is 0 Å². The van der Waals surface area contributed by atoms with Crippen LogP contribution in [0.15, 0.2) is 36.4 Å². The standard InChI is InChI=1S/C18H20N4O3/c1-4-5-12-10-15(23-2)17(16(11-12)24-3)25-14-8-6-13(7-9-14)18-19-21-22-20-18/h6-11H,4-5H2,1-3H3,(H,19,20,21,22). The highest BCUT2D eigenvalue weighted by atomic mass is 16.5. The van der Waals surface area contributed by atoms with Gasteiger partial charge in [-0.3, -0.25) is 0 Å². The highest BCUT2D eigenvalue weighted by Gasteiger charge is 2.15. The predicted octanol–water partition coefficient (Wildman–Crippen LogP) is 3.63. The number of benzene rings is 2. The van der Waals surface area contributed by atoms with Crippen LogP contribution in [0.5, 0.6) is 23.0 Å². The minimum atomic E-state index is 0.533. The molecule has 1 heterocycles. The first kappa shape index (κ1) is 16.8. The molecule has 3 rings (SSSR count). The van der Waals surface area contributed by atoms with E-state index in [0.717, 1.165) is 24.0 Å². The van der Waals surface area contributed by atoms with Crippen LogP contribution < -0.4 is 14.2 Å². The minimum absolute atomic E-state index is 0.533. The Morgan fingerprint density at radius 1 is 1.00 bits per heavy atom. The number of ether oxygens (including phenoxy) is 3. The zero-order valence-electron chi connectivity index (χ0n) is 14.4. The van der Waals surface area contributed by atoms with E-state index in [-0.39, 0.29) is 0 Å². The number of nitrogens with zero attached hydrogens (tertiary/aromatic N) is 3. The highest BCUT2D eigenvalue weighted by Crippen LogP contribution is 2.41. The Morgan fingerprint density at radius 2 is 1.68 bits per heavy atom. The number of nitrogens with one attached hydrogen (secondary N) is 1. The molecule has 0 atom stereocenters. The summed E-state index contributed by atoms with van der Waals surface area (Å²) in [5, 5.41) is 13.9. The number of tetrazole rings is 1. The molecule has 0 aliphatic heterocycles. The molecule has 0 radical (unpaired) electrons. The van der Waals surface area contributed by atoms with E-state index in [1.807, 2.05) is 36.4 Å². The zero-order valence-corrected chi connectivity index (χ0v) is 14.4. The van der Waals surface area contributed by atoms with E-state index in [1.54, 1.807) is 14.2 Å². The van der Waals surface area contributed by atoms with Crippen LogP contribution in [0, 0.1) is 0 Å². The molecule has 0 fully saturated rings. The van der Waals surface area contributed by atoms with Crippen molar-refractivity contribution in [3.8, 4) is 34.4 Å². The Labute approximate surface area is 145 Å². The van der Waals surface area contributed by atoms with Gasteiger partial charge in [0.25, 0.3) is 0 Å². The molecule has 0 bridgehead atoms. The Morgan fingerprint density at radius 3 is 2.20 bits per heavy atom. The number of aryl methyl sites for hydroxylation is 1. The lowest BCUT2D eigenvalue weighted by Crippen LogP contribution is -1.97. The second-order valence-electron chi connectivity index (χ2n) is 5.44. The van der Waals surface area contributed by atoms with Gasteiger partial charge in [-0.2, -0.15) is 5.21 Å². The maximum absolute atomic E-state index is 6.01. The highest BCUT2D eigenvalue weighted by molar-refractivity contribution is 5.58. The summed E-state index contributed by atoms with van der Waals surface area (Å²) in [6.07, 6.45) is 2.00. The zero-order chi connectivity index (χ0) is 17.6. The molecular formula is C18H20N4O3. The second kappa shape index (κ2) is 7.65. The number of hydrogen-bond donors (Lipinski definition) is 1. The molecule has 25 heavy (non-hydrogen) atoms. The van der Waals surface area contributed by atoms with Crippen LogP contribution >= 0.6 is 0 Å². The van der Waals surface area contributed by atoms with Crippen molar-refractivity contribution in [2.75, 3.05) is 14.2 Å². The topological polar surface area (TPSA) is 82.2 Å². The molecule has 0 amide bonds. The van der Waals surface area contributed by atoms with E-state index >= 15 is 0 Å². The summed E-state index contributed by atoms with van der Waals surface area (Å²) in [6.45, 7) is 2.13. The Balaban J connectivity index is 1.88. The van der Waals surface area contributed by atoms with Gasteiger partial charge < -0.3 is 14.2 Å². The molecule has 0 aliphatic rings. The van der Waals surface area contributed by atoms with Gasteiger partial charge in [0.1, 0.15) is 5.75 Å². The Kier molecular flexibility index (Phi) is 5.13. The summed E-state index contributed by atoms with van der Waals surface area (Å²) < 4.78 is 17.0. The molecule has 0 unspecified atom stereocenters. The lowest BCUT2D eigenvalue weighted by Gasteiger charge is -2.16. The third-order valence-electron chi connectivity index (χ3n) is 3.74. The quantitative estimate of drug-likeness (QED) is 0.707. The van der Waals surface area contributed by atoms with Gasteiger partial charge in [-0.25, -0.2) is 0 Å². The summed E-state index contributed by atoms with van der Waals surface area (Å²) >= 11 is 0. The molecule has 0 aliphatic carbocycles. The number of H-pyrrole nitrogens is 1. The van der Waals surface area contributed by atoms with E-state index in [0.29, 0.717) is 28.8 Å². The molecule has 0 spiro atoms. The molecule has 1 aromatic heterocycles. The van der Waals surface area contributed by atoms with Crippen molar-refractivity contribution in [1.82, 2.24) is 20.6 Å². The van der Waals surface area contributed by atoms with Crippen molar-refractivity contribution in [1.29, 1.82) is 0 Å². The van der Waals surface area contributed by atoms with Crippen molar-refractivity contribution >= 4 is 0 Å². The largest absolute Gasteiger partial charge is 0.493 e. The second-order valence-corrected chi connectivity index (χ2v) is 5.44. The molecule has 3 aromatic rings. The van der Waals surface area contributed by atoms with E-state index in [4.69, 9.17) is 14.2 Å². The first-order chi connectivity index (χ1) is 12.2. The van der Waals surface area contributed by atoms with Gasteiger partial charge in [-0.05, 0) is 53.6 Å². The summed E-state index contributed by atoms with van der Waals surface area (Å²) in [6, 6.07) is 11.4. The molecule has 2 aromatic carbocycles. The summed E-state index contributed by atoms with van der Waals surface area (Å²) in [4.78, 5) is 0. The molecule has 130 valence electrons. The molecule has 7 heteroatoms. The Bertz CT molecular complexity index is 792. The fraction of sp³-hybridized carbons (Fsp3) is 0.278. The first-order valence-electron chi connectivity index (χ1n) is 8.01. The maximum Gasteiger partial charge on any atom is 0.211 e. The molecule has 1 N–H and O–H groups in total. The summed E-state index contributed by atoms with van der Waals surface area (Å²) in [5.41, 5.74) is 1.99. The van der Waals surface area contributed by atoms with E-state index in [2.05, 4.69) is 27.5 Å². The smallest absolute Gasteiger partial charge is 0.211 e. The number of hydrogen-bond acceptors (Lipinski definition) is 6. The van der Waals surface area contributed by atoms with Crippen LogP contribution in [0.2, 0.25) is 0 Å². The van der Waals surface area contributed by atoms with Crippen molar-refractivity contribution in [2.45, 2.75) is 19.8 Å². The van der Waals surface area contributed by atoms with Gasteiger partial charge in [0, 0.05) is 5.56 Å². The average molecular weight is 340 g/mol. The van der Waals surface area contributed by atoms with E-state index in [1.165, 1.54) is 0 Å². The van der Waals surface area contributed by atoms with Crippen LogP contribution in [-0.2, 0) is 6.42 Å². The van der Waals surface area contributed by atoms with Gasteiger partial charge in [-0.15, -0.1) is 10.2 Å². The normalized spacial score (nSPS) is 10.5. The van der Waals surface area contributed by atoms with Gasteiger partial charge in [0.05, 0.1) is 14.2 Å². The number of rotatable bonds is 7. The number of aromatic nitrogens is 4. The molecule has 0 saturated carbocycles. The maximum atomic E-state index is 6.01. The van der Waals surface area contributed by atoms with Crippen molar-refractivity contribution in [3.63, 3.8) is 0 Å². The van der Waals surface area contributed by atoms with Gasteiger partial charge in [-0.1, -0.05) is 13.3 Å². The fourth-order valence-electron chi connectivity index (χ4n) is 2.54. The van der Waals surface area contributed by atoms with Crippen LogP contribution in [0.3, 0.4) is 0 Å². The third kappa shape index (κ3) is 3.71. The summed E-state index contributed by atoms with van der Waals surface area (Å²) in [5.74, 6) is 3.03. The van der Waals surface area contributed by atoms with Gasteiger partial charge in [0.15, 0.2) is 11.5 Å². The van der Waals surface area contributed by atoms with Gasteiger partial charge >= 0.3 is 0 Å². The van der Waals surface area contributed by atoms with Crippen LogP contribution in [0.25, 0.3) is 11.4 Å². The predicted molar refractivity (Wildman–Crippen MR) is 93.2 cm³/mol. The van der Waals surface area contributed by atoms with Crippen molar-refractivity contribution in [2.24, 2.45) is 0 Å². The monoisotopic (exact) mass is 340 g/mol. The molecular weight excluding hydrogens is 320 g/mol. The van der Waals surface area contributed by atoms with E-state index in [9.17, 15) is 0 Å². The lowest BCUT2D eigenvalue weighted by atomic mass is 10.1. The molecule has 7 nitrogen and oxygen atoms in total. The molecule has 0 saturated heterocycles. The average Bonchev–Trinajstić information content (AvgIpc) is 3.18. The van der Waals surface area contributed by atoms with Crippen LogP contribution in [0.1, 0.15) is 18.9 Å². The Hall–Kier alpha value is -3.09. The van der Waals surface area contributed by atoms with Crippen LogP contribution in [-0.4, -0.2) is 34.8 Å². The first-order valence-corrected chi connectivity index (χ1v) is 8.01. The fourth-order valence-corrected chi connectivity index (χ4v) is 2.54. The lowest BCUT2D eigenvalue weighted by molar-refractivity contribution is 0.345. The number of aromatic amines is 1. The minimum Gasteiger partial charge on any atom is -0.493 e. The van der Waals surface area contributed by atoms with Gasteiger partial charge in [0.2, 0.25) is 11.6 Å². The van der Waals surface area contributed by atoms with Crippen molar-refractivity contribution < 1.29 is 14.2 Å². The van der Waals surface area contributed by atoms with Crippen LogP contribution in [0.4, 0.5) is 0 Å².